The van der Waals surface area contributed by atoms with Crippen LogP contribution in [0.25, 0.3) is 10.9 Å². The predicted octanol–water partition coefficient (Wildman–Crippen LogP) is 6.57. The number of benzene rings is 2. The maximum absolute atomic E-state index is 15.5. The minimum Gasteiger partial charge on any atom is -0.490 e. The Balaban J connectivity index is 0.814. The fraction of sp³-hybridized carbons (Fsp3) is 0.467. The van der Waals surface area contributed by atoms with Crippen LogP contribution in [0.5, 0.6) is 5.75 Å². The largest absolute Gasteiger partial charge is 0.490 e. The maximum Gasteiger partial charge on any atom is 0.419 e. The standard InChI is InChI=1S/C45H50FN7O7/c1-44(2,3)60-43(58)53-36-21-38(47-24-26(36)19-37(53)34-9-6-16-50(34)4)48-40(55)30-11-10-27(20-32(30)46)59-28-22-45(23-28)14-17-51(18-15-45)33-8-5-7-29-31(33)25-52(42(29)57)35-12-13-39(54)49-41(35)56/h5,7-8,10-11,19-21,24,28,34-35H,6,9,12-18,22-23,25H2,1-4H3,(H,47,48,55)(H,49,54,56)/t34-,35?/m1/s1. The lowest BCUT2D eigenvalue weighted by Crippen LogP contribution is -2.52. The summed E-state index contributed by atoms with van der Waals surface area (Å²) >= 11 is 0. The van der Waals surface area contributed by atoms with E-state index in [1.54, 1.807) is 27.8 Å². The van der Waals surface area contributed by atoms with Gasteiger partial charge in [-0.25, -0.2) is 18.7 Å². The Kier molecular flexibility index (Phi) is 9.92. The van der Waals surface area contributed by atoms with Crippen molar-refractivity contribution in [2.75, 3.05) is 36.9 Å². The van der Waals surface area contributed by atoms with Crippen LogP contribution in [0.15, 0.2) is 54.7 Å². The van der Waals surface area contributed by atoms with Crippen molar-refractivity contribution >= 4 is 52.1 Å². The van der Waals surface area contributed by atoms with E-state index in [4.69, 9.17) is 9.47 Å². The van der Waals surface area contributed by atoms with Gasteiger partial charge in [0, 0.05) is 72.3 Å². The summed E-state index contributed by atoms with van der Waals surface area (Å²) in [5, 5.41) is 5.80. The molecule has 9 rings (SSSR count). The number of likely N-dealkylation sites (tertiary alicyclic amines) is 1. The van der Waals surface area contributed by atoms with E-state index in [2.05, 4.69) is 25.4 Å². The van der Waals surface area contributed by atoms with Crippen LogP contribution in [0.4, 0.5) is 20.7 Å². The summed E-state index contributed by atoms with van der Waals surface area (Å²) in [5.74, 6) is -1.78. The molecule has 14 nitrogen and oxygen atoms in total. The Bertz CT molecular complexity index is 2430. The average molecular weight is 820 g/mol. The number of ether oxygens (including phenoxy) is 2. The molecule has 1 saturated carbocycles. The van der Waals surface area contributed by atoms with Crippen LogP contribution in [-0.2, 0) is 20.9 Å². The minimum atomic E-state index is -0.720. The molecule has 0 bridgehead atoms. The van der Waals surface area contributed by atoms with E-state index in [0.29, 0.717) is 29.8 Å². The predicted molar refractivity (Wildman–Crippen MR) is 220 cm³/mol. The molecule has 0 radical (unpaired) electrons. The second-order valence-electron chi connectivity index (χ2n) is 18.1. The van der Waals surface area contributed by atoms with Gasteiger partial charge in [-0.2, -0.15) is 0 Å². The van der Waals surface area contributed by atoms with Gasteiger partial charge in [0.15, 0.2) is 0 Å². The molecule has 3 saturated heterocycles. The highest BCUT2D eigenvalue weighted by atomic mass is 19.1. The first-order chi connectivity index (χ1) is 28.6. The van der Waals surface area contributed by atoms with Crippen LogP contribution in [0.3, 0.4) is 0 Å². The van der Waals surface area contributed by atoms with Crippen LogP contribution in [0.2, 0.25) is 0 Å². The molecule has 1 spiro atoms. The number of hydrogen-bond donors (Lipinski definition) is 2. The van der Waals surface area contributed by atoms with Crippen molar-refractivity contribution in [1.29, 1.82) is 0 Å². The van der Waals surface area contributed by atoms with Gasteiger partial charge in [0.1, 0.15) is 29.0 Å². The van der Waals surface area contributed by atoms with Gasteiger partial charge in [-0.05, 0) is 115 Å². The van der Waals surface area contributed by atoms with Crippen molar-refractivity contribution < 1.29 is 37.8 Å². The third-order valence-electron chi connectivity index (χ3n) is 12.9. The van der Waals surface area contributed by atoms with Crippen LogP contribution >= 0.6 is 0 Å². The third kappa shape index (κ3) is 7.37. The normalized spacial score (nSPS) is 21.9. The molecule has 4 aliphatic heterocycles. The summed E-state index contributed by atoms with van der Waals surface area (Å²) in [6.45, 7) is 8.31. The molecule has 15 heteroatoms. The molecule has 4 fully saturated rings. The molecule has 2 N–H and O–H groups in total. The van der Waals surface area contributed by atoms with Crippen molar-refractivity contribution in [2.24, 2.45) is 5.41 Å². The van der Waals surface area contributed by atoms with E-state index in [9.17, 15) is 24.0 Å². The van der Waals surface area contributed by atoms with E-state index in [0.717, 1.165) is 80.5 Å². The smallest absolute Gasteiger partial charge is 0.419 e. The van der Waals surface area contributed by atoms with Crippen molar-refractivity contribution in [2.45, 2.75) is 102 Å². The minimum absolute atomic E-state index is 0.0223. The molecule has 1 unspecified atom stereocenters. The lowest BCUT2D eigenvalue weighted by Gasteiger charge is -2.52. The number of pyridine rings is 1. The van der Waals surface area contributed by atoms with Crippen LogP contribution < -0.4 is 20.3 Å². The monoisotopic (exact) mass is 819 g/mol. The molecule has 4 amide bonds. The van der Waals surface area contributed by atoms with Crippen LogP contribution in [0.1, 0.15) is 110 Å². The number of rotatable bonds is 7. The molecular formula is C45H50FN7O7. The number of aromatic nitrogens is 2. The molecule has 2 aromatic carbocycles. The fourth-order valence-corrected chi connectivity index (χ4v) is 9.85. The van der Waals surface area contributed by atoms with Gasteiger partial charge in [-0.1, -0.05) is 6.07 Å². The Morgan fingerprint density at radius 1 is 0.983 bits per heavy atom. The number of hydrogen-bond acceptors (Lipinski definition) is 10. The SMILES string of the molecule is CN1CCC[C@@H]1c1cc2cnc(NC(=O)c3ccc(OC4CC5(CCN(c6cccc7c6CN(C6CCC(=O)NC6=O)C7=O)CC5)C4)cc3F)cc2n1C(=O)OC(C)(C)C. The number of nitrogens with zero attached hydrogens (tertiary/aromatic N) is 5. The second-order valence-corrected chi connectivity index (χ2v) is 18.1. The summed E-state index contributed by atoms with van der Waals surface area (Å²) in [4.78, 5) is 75.1. The summed E-state index contributed by atoms with van der Waals surface area (Å²) < 4.78 is 29.1. The molecule has 2 aromatic heterocycles. The first-order valence-electron chi connectivity index (χ1n) is 20.9. The number of carbonyl (C=O) groups is 5. The molecule has 4 aromatic rings. The number of amides is 4. The maximum atomic E-state index is 15.5. The molecule has 5 aliphatic rings. The highest BCUT2D eigenvalue weighted by Crippen LogP contribution is 2.51. The number of fused-ring (bicyclic) bond motifs is 2. The van der Waals surface area contributed by atoms with Crippen molar-refractivity contribution in [3.8, 4) is 5.75 Å². The zero-order valence-electron chi connectivity index (χ0n) is 34.4. The highest BCUT2D eigenvalue weighted by molar-refractivity contribution is 6.06. The zero-order valence-corrected chi connectivity index (χ0v) is 34.4. The lowest BCUT2D eigenvalue weighted by atomic mass is 9.61. The Morgan fingerprint density at radius 3 is 2.47 bits per heavy atom. The first-order valence-corrected chi connectivity index (χ1v) is 20.9. The quantitative estimate of drug-likeness (QED) is 0.196. The number of anilines is 2. The molecular weight excluding hydrogens is 770 g/mol. The van der Waals surface area contributed by atoms with Gasteiger partial charge in [0.05, 0.1) is 23.2 Å². The first kappa shape index (κ1) is 39.6. The fourth-order valence-electron chi connectivity index (χ4n) is 9.85. The molecule has 60 heavy (non-hydrogen) atoms. The summed E-state index contributed by atoms with van der Waals surface area (Å²) in [5.41, 5.74) is 3.10. The van der Waals surface area contributed by atoms with Gasteiger partial charge in [0.25, 0.3) is 11.8 Å². The average Bonchev–Trinajstić information content (AvgIpc) is 3.88. The van der Waals surface area contributed by atoms with Gasteiger partial charge < -0.3 is 24.6 Å². The van der Waals surface area contributed by atoms with Crippen molar-refractivity contribution in [3.05, 3.63) is 82.9 Å². The van der Waals surface area contributed by atoms with Gasteiger partial charge in [0.2, 0.25) is 11.8 Å². The zero-order chi connectivity index (χ0) is 42.1. The van der Waals surface area contributed by atoms with Crippen LogP contribution in [-0.4, -0.2) is 93.5 Å². The molecule has 2 atom stereocenters. The molecule has 1 aliphatic carbocycles. The second kappa shape index (κ2) is 15.0. The van der Waals surface area contributed by atoms with Gasteiger partial charge in [-0.3, -0.25) is 29.4 Å². The number of piperidine rings is 2. The van der Waals surface area contributed by atoms with E-state index in [1.807, 2.05) is 52.1 Å². The van der Waals surface area contributed by atoms with E-state index in [-0.39, 0.29) is 47.2 Å². The van der Waals surface area contributed by atoms with E-state index < -0.39 is 35.4 Å². The van der Waals surface area contributed by atoms with Crippen molar-refractivity contribution in [3.63, 3.8) is 0 Å². The van der Waals surface area contributed by atoms with Crippen LogP contribution in [0, 0.1) is 11.2 Å². The lowest BCUT2D eigenvalue weighted by molar-refractivity contribution is -0.136. The van der Waals surface area contributed by atoms with Gasteiger partial charge >= 0.3 is 6.09 Å². The number of carbonyl (C=O) groups excluding carboxylic acids is 5. The number of nitrogens with one attached hydrogen (secondary N) is 2. The third-order valence-corrected chi connectivity index (χ3v) is 12.9. The Labute approximate surface area is 347 Å². The summed E-state index contributed by atoms with van der Waals surface area (Å²) in [7, 11) is 2.03. The molecule has 314 valence electrons. The topological polar surface area (TPSA) is 155 Å². The number of halogens is 1. The summed E-state index contributed by atoms with van der Waals surface area (Å²) in [6, 6.07) is 12.9. The van der Waals surface area contributed by atoms with Crippen molar-refractivity contribution in [1.82, 2.24) is 24.7 Å². The highest BCUT2D eigenvalue weighted by Gasteiger charge is 2.48. The Morgan fingerprint density at radius 2 is 1.77 bits per heavy atom. The Hall–Kier alpha value is -5.83. The van der Waals surface area contributed by atoms with E-state index >= 15 is 4.39 Å². The molecule has 6 heterocycles. The van der Waals surface area contributed by atoms with Gasteiger partial charge in [-0.15, -0.1) is 0 Å². The summed E-state index contributed by atoms with van der Waals surface area (Å²) in [6.07, 6.45) is 6.98. The number of imide groups is 1. The van der Waals surface area contributed by atoms with E-state index in [1.165, 1.54) is 12.1 Å².